The molecule has 0 fully saturated rings. The number of hydrogen-bond acceptors (Lipinski definition) is 3. The van der Waals surface area contributed by atoms with Crippen LogP contribution in [0.4, 0.5) is 4.39 Å². The fraction of sp³-hybridized carbons (Fsp3) is 0.152. The molecular formula is C33H29ClFNO2S. The van der Waals surface area contributed by atoms with Crippen LogP contribution in [0, 0.1) is 5.82 Å². The molecule has 1 aliphatic heterocycles. The predicted octanol–water partition coefficient (Wildman–Crippen LogP) is 7.83. The molecule has 0 unspecified atom stereocenters. The van der Waals surface area contributed by atoms with E-state index >= 15 is 0 Å². The Bertz CT molecular complexity index is 1630. The predicted molar refractivity (Wildman–Crippen MR) is 160 cm³/mol. The summed E-state index contributed by atoms with van der Waals surface area (Å²) in [6.45, 7) is 0. The third-order valence-corrected chi connectivity index (χ3v) is 8.97. The molecule has 0 bridgehead atoms. The molecular weight excluding hydrogens is 529 g/mol. The van der Waals surface area contributed by atoms with Gasteiger partial charge in [-0.2, -0.15) is 0 Å². The van der Waals surface area contributed by atoms with Gasteiger partial charge in [-0.25, -0.2) is 12.8 Å². The molecule has 0 spiro atoms. The van der Waals surface area contributed by atoms with Gasteiger partial charge in [-0.05, 0) is 88.9 Å². The summed E-state index contributed by atoms with van der Waals surface area (Å²) in [4.78, 5) is 0.419. The molecule has 3 aromatic carbocycles. The molecule has 0 atom stereocenters. The molecule has 39 heavy (non-hydrogen) atoms. The Balaban J connectivity index is 0.000000384. The first kappa shape index (κ1) is 26.9. The minimum absolute atomic E-state index is 0.0188. The quantitative estimate of drug-likeness (QED) is 0.355. The van der Waals surface area contributed by atoms with Crippen LogP contribution in [0.15, 0.2) is 103 Å². The van der Waals surface area contributed by atoms with Crippen molar-refractivity contribution in [1.82, 2.24) is 5.32 Å². The summed E-state index contributed by atoms with van der Waals surface area (Å²) in [5.41, 5.74) is 7.81. The third kappa shape index (κ3) is 6.16. The van der Waals surface area contributed by atoms with Crippen molar-refractivity contribution in [3.8, 4) is 11.1 Å². The Morgan fingerprint density at radius 2 is 1.59 bits per heavy atom. The molecule has 0 aromatic heterocycles. The van der Waals surface area contributed by atoms with Crippen molar-refractivity contribution in [1.29, 1.82) is 0 Å². The zero-order chi connectivity index (χ0) is 27.2. The lowest BCUT2D eigenvalue weighted by molar-refractivity contribution is 0.608. The smallest absolute Gasteiger partial charge is 0.182 e. The van der Waals surface area contributed by atoms with Crippen LogP contribution in [0.2, 0.25) is 5.02 Å². The van der Waals surface area contributed by atoms with Crippen molar-refractivity contribution in [2.24, 2.45) is 0 Å². The summed E-state index contributed by atoms with van der Waals surface area (Å²) in [6, 6.07) is 16.9. The molecule has 6 rings (SSSR count). The maximum absolute atomic E-state index is 13.3. The topological polar surface area (TPSA) is 46.2 Å². The Morgan fingerprint density at radius 1 is 0.846 bits per heavy atom. The summed E-state index contributed by atoms with van der Waals surface area (Å²) in [6.07, 6.45) is 20.2. The molecule has 3 nitrogen and oxygen atoms in total. The average molecular weight is 558 g/mol. The fourth-order valence-electron chi connectivity index (χ4n) is 5.18. The molecule has 0 saturated heterocycles. The van der Waals surface area contributed by atoms with Gasteiger partial charge in [0.05, 0.1) is 15.7 Å². The first-order chi connectivity index (χ1) is 18.9. The number of allylic oxidation sites excluding steroid dienone is 5. The fourth-order valence-corrected chi connectivity index (χ4v) is 6.80. The van der Waals surface area contributed by atoms with E-state index in [-0.39, 0.29) is 10.8 Å². The third-order valence-electron chi connectivity index (χ3n) is 7.00. The molecule has 0 radical (unpaired) electrons. The van der Waals surface area contributed by atoms with Crippen molar-refractivity contribution >= 4 is 32.4 Å². The van der Waals surface area contributed by atoms with Crippen molar-refractivity contribution in [2.75, 3.05) is 5.75 Å². The molecule has 0 amide bonds. The van der Waals surface area contributed by atoms with Crippen LogP contribution in [-0.4, -0.2) is 14.2 Å². The van der Waals surface area contributed by atoms with Gasteiger partial charge in [0.15, 0.2) is 9.84 Å². The normalized spacial score (nSPS) is 15.3. The van der Waals surface area contributed by atoms with Gasteiger partial charge in [-0.1, -0.05) is 84.4 Å². The van der Waals surface area contributed by atoms with E-state index in [4.69, 9.17) is 11.6 Å². The highest BCUT2D eigenvalue weighted by molar-refractivity contribution is 8.00. The Hall–Kier alpha value is -3.67. The van der Waals surface area contributed by atoms with E-state index in [1.54, 1.807) is 18.2 Å². The maximum atomic E-state index is 13.3. The summed E-state index contributed by atoms with van der Waals surface area (Å²) in [7, 11) is -3.50. The van der Waals surface area contributed by atoms with E-state index in [0.717, 1.165) is 31.2 Å². The van der Waals surface area contributed by atoms with Gasteiger partial charge in [-0.3, -0.25) is 0 Å². The van der Waals surface area contributed by atoms with Crippen LogP contribution in [0.25, 0.3) is 22.1 Å². The number of hydrogen-bond donors (Lipinski definition) is 1. The first-order valence-electron chi connectivity index (χ1n) is 13.0. The van der Waals surface area contributed by atoms with Crippen LogP contribution >= 0.6 is 11.6 Å². The summed E-state index contributed by atoms with van der Waals surface area (Å²) in [5, 5.41) is 2.94. The van der Waals surface area contributed by atoms with E-state index in [2.05, 4.69) is 35.6 Å². The Morgan fingerprint density at radius 3 is 2.38 bits per heavy atom. The van der Waals surface area contributed by atoms with Gasteiger partial charge >= 0.3 is 0 Å². The number of nitrogens with one attached hydrogen (secondary N) is 1. The minimum atomic E-state index is -3.50. The molecule has 2 aliphatic carbocycles. The Kier molecular flexibility index (Phi) is 8.30. The highest BCUT2D eigenvalue weighted by Crippen LogP contribution is 2.41. The van der Waals surface area contributed by atoms with Gasteiger partial charge < -0.3 is 5.32 Å². The van der Waals surface area contributed by atoms with Crippen LogP contribution < -0.4 is 5.32 Å². The van der Waals surface area contributed by atoms with Gasteiger partial charge in [0, 0.05) is 12.4 Å². The van der Waals surface area contributed by atoms with Crippen molar-refractivity contribution in [3.05, 3.63) is 142 Å². The maximum Gasteiger partial charge on any atom is 0.182 e. The zero-order valence-corrected chi connectivity index (χ0v) is 23.0. The van der Waals surface area contributed by atoms with Crippen molar-refractivity contribution in [2.45, 2.75) is 25.7 Å². The first-order valence-corrected chi connectivity index (χ1v) is 15.0. The SMILES string of the molecule is C1=CC=CNC=C1.O=S(=O)(CC=Cc1ccc(F)c(Cl)c1)C1=CCCc2c1ccc1c2CCc2ccccc2-1. The average Bonchev–Trinajstić information content (AvgIpc) is 3.28. The molecule has 6 heteroatoms. The van der Waals surface area contributed by atoms with E-state index in [0.29, 0.717) is 10.5 Å². The zero-order valence-electron chi connectivity index (χ0n) is 21.4. The van der Waals surface area contributed by atoms with Gasteiger partial charge in [0.25, 0.3) is 0 Å². The van der Waals surface area contributed by atoms with Crippen LogP contribution in [-0.2, 0) is 29.1 Å². The molecule has 1 N–H and O–H groups in total. The highest BCUT2D eigenvalue weighted by atomic mass is 35.5. The lowest BCUT2D eigenvalue weighted by Gasteiger charge is -2.27. The number of rotatable bonds is 4. The van der Waals surface area contributed by atoms with Crippen LogP contribution in [0.5, 0.6) is 0 Å². The molecule has 198 valence electrons. The Labute approximate surface area is 234 Å². The van der Waals surface area contributed by atoms with Crippen LogP contribution in [0.3, 0.4) is 0 Å². The van der Waals surface area contributed by atoms with Gasteiger partial charge in [0.2, 0.25) is 0 Å². The second-order valence-corrected chi connectivity index (χ2v) is 11.9. The van der Waals surface area contributed by atoms with Gasteiger partial charge in [0.1, 0.15) is 5.82 Å². The lowest BCUT2D eigenvalue weighted by atomic mass is 9.79. The number of benzene rings is 3. The molecule has 0 saturated carbocycles. The number of halogens is 2. The second kappa shape index (κ2) is 12.0. The van der Waals surface area contributed by atoms with Crippen molar-refractivity contribution < 1.29 is 12.8 Å². The van der Waals surface area contributed by atoms with E-state index in [1.807, 2.05) is 48.8 Å². The van der Waals surface area contributed by atoms with E-state index in [1.165, 1.54) is 39.9 Å². The van der Waals surface area contributed by atoms with E-state index < -0.39 is 15.7 Å². The second-order valence-electron chi connectivity index (χ2n) is 9.51. The minimum Gasteiger partial charge on any atom is -0.368 e. The van der Waals surface area contributed by atoms with E-state index in [9.17, 15) is 12.8 Å². The molecule has 1 heterocycles. The number of sulfone groups is 1. The monoisotopic (exact) mass is 557 g/mol. The summed E-state index contributed by atoms with van der Waals surface area (Å²) >= 11 is 5.81. The standard InChI is InChI=1S/C27H22ClFO2S.C6H7N/c28-25-17-18(10-15-26(25)29)5-4-16-32(30,31)27-9-3-8-21-23-12-11-19-6-1-2-7-20(19)22(23)13-14-24(21)27;1-2-4-6-7-5-3-1/h1-2,4-7,9-10,13-15,17H,3,8,11-12,16H2;1-7H. The van der Waals surface area contributed by atoms with Crippen LogP contribution in [0.1, 0.15) is 34.2 Å². The lowest BCUT2D eigenvalue weighted by Crippen LogP contribution is -2.15. The highest BCUT2D eigenvalue weighted by Gasteiger charge is 2.28. The molecule has 3 aliphatic rings. The number of fused-ring (bicyclic) bond motifs is 5. The summed E-state index contributed by atoms with van der Waals surface area (Å²) in [5.74, 6) is -0.612. The molecule has 3 aromatic rings. The largest absolute Gasteiger partial charge is 0.368 e. The summed E-state index contributed by atoms with van der Waals surface area (Å²) < 4.78 is 39.8. The van der Waals surface area contributed by atoms with Crippen molar-refractivity contribution in [3.63, 3.8) is 0 Å². The number of aryl methyl sites for hydroxylation is 1. The van der Waals surface area contributed by atoms with Gasteiger partial charge in [-0.15, -0.1) is 0 Å².